The third-order valence-corrected chi connectivity index (χ3v) is 1.92. The second-order valence-corrected chi connectivity index (χ2v) is 4.05. The van der Waals surface area contributed by atoms with Gasteiger partial charge in [-0.1, -0.05) is 26.8 Å². The van der Waals surface area contributed by atoms with Gasteiger partial charge < -0.3 is 9.84 Å². The lowest BCUT2D eigenvalue weighted by molar-refractivity contribution is -0.143. The highest BCUT2D eigenvalue weighted by molar-refractivity contribution is 4.95. The van der Waals surface area contributed by atoms with Gasteiger partial charge in [0.15, 0.2) is 6.29 Å². The van der Waals surface area contributed by atoms with E-state index < -0.39 is 6.29 Å². The van der Waals surface area contributed by atoms with Gasteiger partial charge in [0, 0.05) is 0 Å². The molecule has 0 aromatic heterocycles. The Morgan fingerprint density at radius 1 is 1.45 bits per heavy atom. The number of hydrogen-bond donors (Lipinski definition) is 1. The predicted octanol–water partition coefficient (Wildman–Crippen LogP) is 1.70. The fourth-order valence-electron chi connectivity index (χ4n) is 1.15. The van der Waals surface area contributed by atoms with Crippen LogP contribution in [0.4, 0.5) is 0 Å². The Balaban J connectivity index is 2.57. The first-order valence-corrected chi connectivity index (χ1v) is 4.00. The monoisotopic (exact) mass is 156 g/mol. The van der Waals surface area contributed by atoms with E-state index >= 15 is 0 Å². The second-order valence-electron chi connectivity index (χ2n) is 4.05. The van der Waals surface area contributed by atoms with Gasteiger partial charge in [0.2, 0.25) is 0 Å². The van der Waals surface area contributed by atoms with Crippen LogP contribution in [0.2, 0.25) is 0 Å². The Kier molecular flexibility index (Phi) is 2.35. The fraction of sp³-hybridized carbons (Fsp3) is 0.778. The van der Waals surface area contributed by atoms with Crippen LogP contribution in [0.1, 0.15) is 27.2 Å². The molecule has 2 nitrogen and oxygen atoms in total. The summed E-state index contributed by atoms with van der Waals surface area (Å²) in [7, 11) is 0. The molecule has 2 unspecified atom stereocenters. The van der Waals surface area contributed by atoms with Gasteiger partial charge in [0.1, 0.15) is 0 Å². The van der Waals surface area contributed by atoms with E-state index in [9.17, 15) is 0 Å². The Labute approximate surface area is 67.9 Å². The molecule has 0 saturated heterocycles. The summed E-state index contributed by atoms with van der Waals surface area (Å²) in [4.78, 5) is 0. The van der Waals surface area contributed by atoms with E-state index in [0.29, 0.717) is 0 Å². The molecule has 2 atom stereocenters. The van der Waals surface area contributed by atoms with E-state index in [0.717, 1.165) is 6.42 Å². The molecule has 0 aromatic rings. The molecule has 1 rings (SSSR count). The molecule has 1 aliphatic heterocycles. The van der Waals surface area contributed by atoms with Crippen molar-refractivity contribution in [3.8, 4) is 0 Å². The van der Waals surface area contributed by atoms with Gasteiger partial charge in [0.05, 0.1) is 6.10 Å². The number of aliphatic hydroxyl groups is 1. The summed E-state index contributed by atoms with van der Waals surface area (Å²) in [5.74, 6) is 0. The molecule has 0 amide bonds. The number of hydrogen-bond acceptors (Lipinski definition) is 2. The number of ether oxygens (including phenoxy) is 1. The molecule has 2 heteroatoms. The molecule has 11 heavy (non-hydrogen) atoms. The highest BCUT2D eigenvalue weighted by Crippen LogP contribution is 2.28. The van der Waals surface area contributed by atoms with E-state index in [1.807, 2.05) is 6.08 Å². The standard InChI is InChI=1S/C9H16O2/c1-9(2,3)7-5-4-6-8(10)11-7/h4,6-8,10H,5H2,1-3H3. The summed E-state index contributed by atoms with van der Waals surface area (Å²) in [6.07, 6.45) is 4.00. The van der Waals surface area contributed by atoms with Crippen LogP contribution in [0.25, 0.3) is 0 Å². The SMILES string of the molecule is CC(C)(C)C1CC=CC(O)O1. The van der Waals surface area contributed by atoms with Gasteiger partial charge in [-0.15, -0.1) is 0 Å². The maximum atomic E-state index is 9.13. The lowest BCUT2D eigenvalue weighted by atomic mass is 9.86. The molecule has 0 aromatic carbocycles. The van der Waals surface area contributed by atoms with Crippen molar-refractivity contribution in [3.63, 3.8) is 0 Å². The van der Waals surface area contributed by atoms with Crippen molar-refractivity contribution in [1.82, 2.24) is 0 Å². The number of aliphatic hydroxyl groups excluding tert-OH is 1. The van der Waals surface area contributed by atoms with Crippen LogP contribution in [0.3, 0.4) is 0 Å². The van der Waals surface area contributed by atoms with Crippen LogP contribution in [0.15, 0.2) is 12.2 Å². The zero-order chi connectivity index (χ0) is 8.48. The van der Waals surface area contributed by atoms with Crippen molar-refractivity contribution in [1.29, 1.82) is 0 Å². The molecule has 0 spiro atoms. The minimum absolute atomic E-state index is 0.117. The molecule has 0 radical (unpaired) electrons. The molecule has 1 aliphatic rings. The molecule has 0 fully saturated rings. The summed E-state index contributed by atoms with van der Waals surface area (Å²) in [5, 5.41) is 9.13. The minimum atomic E-state index is -0.701. The zero-order valence-corrected chi connectivity index (χ0v) is 7.37. The van der Waals surface area contributed by atoms with Gasteiger partial charge in [-0.25, -0.2) is 0 Å². The molecule has 0 aliphatic carbocycles. The van der Waals surface area contributed by atoms with Crippen LogP contribution in [0, 0.1) is 5.41 Å². The maximum Gasteiger partial charge on any atom is 0.174 e. The first-order chi connectivity index (χ1) is 5.00. The topological polar surface area (TPSA) is 29.5 Å². The van der Waals surface area contributed by atoms with Crippen molar-refractivity contribution in [2.45, 2.75) is 39.6 Å². The quantitative estimate of drug-likeness (QED) is 0.541. The van der Waals surface area contributed by atoms with E-state index in [1.165, 1.54) is 0 Å². The average Bonchev–Trinajstić information content (AvgIpc) is 1.86. The molecule has 1 heterocycles. The molecule has 0 bridgehead atoms. The Hall–Kier alpha value is -0.340. The van der Waals surface area contributed by atoms with Gasteiger partial charge in [0.25, 0.3) is 0 Å². The molecular weight excluding hydrogens is 140 g/mol. The van der Waals surface area contributed by atoms with Crippen molar-refractivity contribution in [3.05, 3.63) is 12.2 Å². The Bertz CT molecular complexity index is 155. The molecular formula is C9H16O2. The Morgan fingerprint density at radius 2 is 2.09 bits per heavy atom. The van der Waals surface area contributed by atoms with Crippen molar-refractivity contribution < 1.29 is 9.84 Å². The van der Waals surface area contributed by atoms with Crippen LogP contribution < -0.4 is 0 Å². The first-order valence-electron chi connectivity index (χ1n) is 4.00. The van der Waals surface area contributed by atoms with Crippen LogP contribution >= 0.6 is 0 Å². The van der Waals surface area contributed by atoms with Gasteiger partial charge in [-0.05, 0) is 17.9 Å². The van der Waals surface area contributed by atoms with Crippen molar-refractivity contribution >= 4 is 0 Å². The van der Waals surface area contributed by atoms with Gasteiger partial charge in [-0.2, -0.15) is 0 Å². The summed E-state index contributed by atoms with van der Waals surface area (Å²) in [6, 6.07) is 0. The third kappa shape index (κ3) is 2.31. The molecule has 1 N–H and O–H groups in total. The third-order valence-electron chi connectivity index (χ3n) is 1.92. The van der Waals surface area contributed by atoms with Crippen molar-refractivity contribution in [2.24, 2.45) is 5.41 Å². The lowest BCUT2D eigenvalue weighted by Gasteiger charge is -2.33. The maximum absolute atomic E-state index is 9.13. The summed E-state index contributed by atoms with van der Waals surface area (Å²) < 4.78 is 5.32. The second kappa shape index (κ2) is 2.95. The number of rotatable bonds is 0. The van der Waals surface area contributed by atoms with E-state index in [-0.39, 0.29) is 11.5 Å². The minimum Gasteiger partial charge on any atom is -0.365 e. The van der Waals surface area contributed by atoms with Crippen LogP contribution in [-0.2, 0) is 4.74 Å². The fourth-order valence-corrected chi connectivity index (χ4v) is 1.15. The van der Waals surface area contributed by atoms with Crippen molar-refractivity contribution in [2.75, 3.05) is 0 Å². The molecule has 0 saturated carbocycles. The van der Waals surface area contributed by atoms with Gasteiger partial charge >= 0.3 is 0 Å². The highest BCUT2D eigenvalue weighted by atomic mass is 16.6. The zero-order valence-electron chi connectivity index (χ0n) is 7.37. The smallest absolute Gasteiger partial charge is 0.174 e. The lowest BCUT2D eigenvalue weighted by Crippen LogP contribution is -2.34. The van der Waals surface area contributed by atoms with Crippen LogP contribution in [0.5, 0.6) is 0 Å². The normalized spacial score (nSPS) is 32.4. The highest BCUT2D eigenvalue weighted by Gasteiger charge is 2.27. The van der Waals surface area contributed by atoms with Gasteiger partial charge in [-0.3, -0.25) is 0 Å². The molecule has 64 valence electrons. The van der Waals surface area contributed by atoms with E-state index in [2.05, 4.69) is 20.8 Å². The van der Waals surface area contributed by atoms with Crippen LogP contribution in [-0.4, -0.2) is 17.5 Å². The predicted molar refractivity (Wildman–Crippen MR) is 44.1 cm³/mol. The largest absolute Gasteiger partial charge is 0.365 e. The van der Waals surface area contributed by atoms with E-state index in [1.54, 1.807) is 6.08 Å². The van der Waals surface area contributed by atoms with E-state index in [4.69, 9.17) is 9.84 Å². The average molecular weight is 156 g/mol. The first kappa shape index (κ1) is 8.75. The summed E-state index contributed by atoms with van der Waals surface area (Å²) >= 11 is 0. The summed E-state index contributed by atoms with van der Waals surface area (Å²) in [5.41, 5.74) is 0.117. The summed E-state index contributed by atoms with van der Waals surface area (Å²) in [6.45, 7) is 6.34. The Morgan fingerprint density at radius 3 is 2.45 bits per heavy atom.